The molecule has 1 amide bonds. The van der Waals surface area contributed by atoms with E-state index < -0.39 is 10.8 Å². The van der Waals surface area contributed by atoms with E-state index in [9.17, 15) is 19.3 Å². The minimum Gasteiger partial charge on any atom is -0.358 e. The number of carbonyl (C=O) groups is 1. The number of nitrogens with one attached hydrogen (secondary N) is 1. The Morgan fingerprint density at radius 2 is 1.96 bits per heavy atom. The van der Waals surface area contributed by atoms with Gasteiger partial charge in [0.1, 0.15) is 17.4 Å². The highest BCUT2D eigenvalue weighted by Gasteiger charge is 2.15. The maximum atomic E-state index is 12.9. The Labute approximate surface area is 151 Å². The molecule has 0 atom stereocenters. The van der Waals surface area contributed by atoms with Crippen molar-refractivity contribution in [3.05, 3.63) is 69.2 Å². The summed E-state index contributed by atoms with van der Waals surface area (Å²) in [6.07, 6.45) is 2.85. The Bertz CT molecular complexity index is 953. The Balaban J connectivity index is 1.63. The van der Waals surface area contributed by atoms with Gasteiger partial charge in [-0.25, -0.2) is 4.39 Å². The first-order chi connectivity index (χ1) is 12.4. The first kappa shape index (κ1) is 17.5. The minimum absolute atomic E-state index is 0.153. The van der Waals surface area contributed by atoms with Crippen LogP contribution in [0.4, 0.5) is 16.0 Å². The van der Waals surface area contributed by atoms with E-state index in [1.54, 1.807) is 12.1 Å². The molecule has 0 aliphatic heterocycles. The van der Waals surface area contributed by atoms with Gasteiger partial charge in [0, 0.05) is 6.20 Å². The lowest BCUT2D eigenvalue weighted by Crippen LogP contribution is -2.19. The summed E-state index contributed by atoms with van der Waals surface area (Å²) in [6, 6.07) is 7.11. The lowest BCUT2D eigenvalue weighted by atomic mass is 10.2. The van der Waals surface area contributed by atoms with E-state index in [0.717, 1.165) is 10.2 Å². The molecule has 3 aromatic rings. The molecule has 26 heavy (non-hydrogen) atoms. The topological polar surface area (TPSA) is 108 Å². The van der Waals surface area contributed by atoms with Crippen LogP contribution in [-0.4, -0.2) is 30.4 Å². The van der Waals surface area contributed by atoms with Crippen molar-refractivity contribution in [1.29, 1.82) is 0 Å². The smallest absolute Gasteiger partial charge is 0.358 e. The summed E-state index contributed by atoms with van der Waals surface area (Å²) in [4.78, 5) is 22.0. The lowest BCUT2D eigenvalue weighted by molar-refractivity contribution is -0.389. The summed E-state index contributed by atoms with van der Waals surface area (Å²) in [5.41, 5.74) is 0.812. The van der Waals surface area contributed by atoms with Gasteiger partial charge in [-0.1, -0.05) is 23.7 Å². The van der Waals surface area contributed by atoms with Crippen molar-refractivity contribution in [2.45, 2.75) is 13.1 Å². The van der Waals surface area contributed by atoms with Gasteiger partial charge in [-0.05, 0) is 22.6 Å². The molecule has 1 N–H and O–H groups in total. The summed E-state index contributed by atoms with van der Waals surface area (Å²) in [6.45, 7) is 0.121. The van der Waals surface area contributed by atoms with Gasteiger partial charge in [0.2, 0.25) is 5.91 Å². The predicted molar refractivity (Wildman–Crippen MR) is 90.3 cm³/mol. The van der Waals surface area contributed by atoms with Crippen molar-refractivity contribution in [3.63, 3.8) is 0 Å². The zero-order chi connectivity index (χ0) is 18.7. The van der Waals surface area contributed by atoms with Crippen LogP contribution in [0.5, 0.6) is 0 Å². The third-order valence-corrected chi connectivity index (χ3v) is 3.63. The second kappa shape index (κ2) is 7.31. The maximum Gasteiger partial charge on any atom is 0.389 e. The van der Waals surface area contributed by atoms with Gasteiger partial charge in [0.05, 0.1) is 23.9 Å². The Hall–Kier alpha value is -3.27. The molecule has 0 bridgehead atoms. The van der Waals surface area contributed by atoms with Crippen molar-refractivity contribution < 1.29 is 14.1 Å². The van der Waals surface area contributed by atoms with Gasteiger partial charge < -0.3 is 15.4 Å². The zero-order valence-electron chi connectivity index (χ0n) is 13.2. The molecular weight excluding hydrogens is 367 g/mol. The third-order valence-electron chi connectivity index (χ3n) is 3.35. The molecule has 0 saturated heterocycles. The number of aromatic nitrogens is 4. The molecule has 1 aromatic carbocycles. The number of benzene rings is 1. The van der Waals surface area contributed by atoms with E-state index in [2.05, 4.69) is 15.5 Å². The van der Waals surface area contributed by atoms with Crippen LogP contribution in [-0.2, 0) is 17.9 Å². The molecule has 0 fully saturated rings. The Kier molecular flexibility index (Phi) is 4.94. The maximum absolute atomic E-state index is 12.9. The van der Waals surface area contributed by atoms with E-state index in [4.69, 9.17) is 11.6 Å². The largest absolute Gasteiger partial charge is 0.389 e. The molecule has 3 rings (SSSR count). The molecule has 134 valence electrons. The van der Waals surface area contributed by atoms with E-state index >= 15 is 0 Å². The average molecular weight is 379 g/mol. The molecule has 11 heteroatoms. The quantitative estimate of drug-likeness (QED) is 0.523. The van der Waals surface area contributed by atoms with Crippen molar-refractivity contribution in [3.8, 4) is 0 Å². The van der Waals surface area contributed by atoms with E-state index in [1.165, 1.54) is 35.3 Å². The molecule has 0 saturated carbocycles. The molecule has 2 aromatic heterocycles. The first-order valence-corrected chi connectivity index (χ1v) is 7.73. The van der Waals surface area contributed by atoms with Crippen LogP contribution in [0.25, 0.3) is 0 Å². The monoisotopic (exact) mass is 378 g/mol. The molecular formula is C15H12ClFN6O3. The number of nitro groups is 1. The number of rotatable bonds is 6. The molecule has 0 radical (unpaired) electrons. The van der Waals surface area contributed by atoms with Crippen LogP contribution < -0.4 is 5.32 Å². The SMILES string of the molecule is O=C(Cn1ccc([N+](=O)[O-])n1)Nc1nn(Cc2ccc(F)cc2)cc1Cl. The number of hydrogen-bond donors (Lipinski definition) is 1. The van der Waals surface area contributed by atoms with Crippen molar-refractivity contribution in [2.75, 3.05) is 5.32 Å². The first-order valence-electron chi connectivity index (χ1n) is 7.36. The highest BCUT2D eigenvalue weighted by molar-refractivity contribution is 6.33. The standard InChI is InChI=1S/C15H12ClFN6O3/c16-12-8-22(7-10-1-3-11(17)4-2-10)20-15(12)18-14(24)9-21-6-5-13(19-21)23(25)26/h1-6,8H,7,9H2,(H,18,20,24). The van der Waals surface area contributed by atoms with Crippen LogP contribution in [0.2, 0.25) is 5.02 Å². The second-order valence-corrected chi connectivity index (χ2v) is 5.73. The predicted octanol–water partition coefficient (Wildman–Crippen LogP) is 2.47. The lowest BCUT2D eigenvalue weighted by Gasteiger charge is -2.02. The van der Waals surface area contributed by atoms with Gasteiger partial charge in [-0.15, -0.1) is 0 Å². The van der Waals surface area contributed by atoms with Gasteiger partial charge >= 0.3 is 5.82 Å². The van der Waals surface area contributed by atoms with Crippen LogP contribution in [0.1, 0.15) is 5.56 Å². The van der Waals surface area contributed by atoms with Crippen LogP contribution in [0.3, 0.4) is 0 Å². The number of amides is 1. The highest BCUT2D eigenvalue weighted by Crippen LogP contribution is 2.20. The molecule has 0 unspecified atom stereocenters. The number of hydrogen-bond acceptors (Lipinski definition) is 5. The Morgan fingerprint density at radius 1 is 1.23 bits per heavy atom. The fourth-order valence-corrected chi connectivity index (χ4v) is 2.39. The number of nitrogens with zero attached hydrogens (tertiary/aromatic N) is 5. The number of anilines is 1. The van der Waals surface area contributed by atoms with Crippen molar-refractivity contribution in [2.24, 2.45) is 0 Å². The number of carbonyl (C=O) groups excluding carboxylic acids is 1. The van der Waals surface area contributed by atoms with Crippen LogP contribution in [0, 0.1) is 15.9 Å². The van der Waals surface area contributed by atoms with Crippen LogP contribution >= 0.6 is 11.6 Å². The van der Waals surface area contributed by atoms with Crippen molar-refractivity contribution >= 4 is 29.1 Å². The fourth-order valence-electron chi connectivity index (χ4n) is 2.19. The second-order valence-electron chi connectivity index (χ2n) is 5.33. The normalized spacial score (nSPS) is 10.7. The van der Waals surface area contributed by atoms with E-state index in [-0.39, 0.29) is 29.0 Å². The van der Waals surface area contributed by atoms with E-state index in [1.807, 2.05) is 0 Å². The highest BCUT2D eigenvalue weighted by atomic mass is 35.5. The average Bonchev–Trinajstić information content (AvgIpc) is 3.17. The molecule has 9 nitrogen and oxygen atoms in total. The zero-order valence-corrected chi connectivity index (χ0v) is 13.9. The summed E-state index contributed by atoms with van der Waals surface area (Å²) >= 11 is 6.06. The molecule has 0 spiro atoms. The summed E-state index contributed by atoms with van der Waals surface area (Å²) in [7, 11) is 0. The van der Waals surface area contributed by atoms with E-state index in [0.29, 0.717) is 6.54 Å². The van der Waals surface area contributed by atoms with Gasteiger partial charge in [0.15, 0.2) is 5.82 Å². The molecule has 2 heterocycles. The molecule has 0 aliphatic carbocycles. The summed E-state index contributed by atoms with van der Waals surface area (Å²) in [5, 5.41) is 21.1. The number of halogens is 2. The van der Waals surface area contributed by atoms with Gasteiger partial charge in [-0.2, -0.15) is 9.78 Å². The van der Waals surface area contributed by atoms with Gasteiger partial charge in [0.25, 0.3) is 0 Å². The molecule has 0 aliphatic rings. The third kappa shape index (κ3) is 4.22. The fraction of sp³-hybridized carbons (Fsp3) is 0.133. The minimum atomic E-state index is -0.650. The summed E-state index contributed by atoms with van der Waals surface area (Å²) < 4.78 is 15.6. The van der Waals surface area contributed by atoms with Crippen LogP contribution in [0.15, 0.2) is 42.7 Å². The van der Waals surface area contributed by atoms with Crippen molar-refractivity contribution in [1.82, 2.24) is 19.6 Å². The van der Waals surface area contributed by atoms with Gasteiger partial charge in [-0.3, -0.25) is 9.48 Å². The summed E-state index contributed by atoms with van der Waals surface area (Å²) in [5.74, 6) is -1.02. The Morgan fingerprint density at radius 3 is 2.62 bits per heavy atom.